The molecule has 0 saturated carbocycles. The third-order valence-electron chi connectivity index (χ3n) is 4.52. The van der Waals surface area contributed by atoms with Gasteiger partial charge in [0.15, 0.2) is 11.1 Å². The molecule has 0 aliphatic rings. The highest BCUT2D eigenvalue weighted by Crippen LogP contribution is 2.23. The van der Waals surface area contributed by atoms with Crippen molar-refractivity contribution in [2.45, 2.75) is 52.6 Å². The van der Waals surface area contributed by atoms with E-state index < -0.39 is 22.0 Å². The van der Waals surface area contributed by atoms with Crippen molar-refractivity contribution in [3.63, 3.8) is 0 Å². The lowest BCUT2D eigenvalue weighted by molar-refractivity contribution is -0.385. The zero-order valence-corrected chi connectivity index (χ0v) is 18.4. The Morgan fingerprint density at radius 3 is 1.70 bits per heavy atom. The van der Waals surface area contributed by atoms with Gasteiger partial charge in [-0.25, -0.2) is 14.3 Å². The van der Waals surface area contributed by atoms with E-state index in [0.29, 0.717) is 11.4 Å². The topological polar surface area (TPSA) is 157 Å². The smallest absolute Gasteiger partial charge is 0.333 e. The number of nitrogen functional groups attached to an aromatic ring is 1. The molecule has 2 aromatic rings. The van der Waals surface area contributed by atoms with Gasteiger partial charge in [0.05, 0.1) is 30.5 Å². The Hall–Kier alpha value is -3.44. The van der Waals surface area contributed by atoms with E-state index in [1.54, 1.807) is 40.8 Å². The van der Waals surface area contributed by atoms with Crippen LogP contribution in [0.2, 0.25) is 0 Å². The summed E-state index contributed by atoms with van der Waals surface area (Å²) in [5.74, 6) is -0.857. The van der Waals surface area contributed by atoms with Gasteiger partial charge < -0.3 is 15.2 Å². The number of nitrogens with two attached hydrogens (primary N) is 1. The van der Waals surface area contributed by atoms with Crippen molar-refractivity contribution in [2.24, 2.45) is 0 Å². The van der Waals surface area contributed by atoms with E-state index in [-0.39, 0.29) is 18.8 Å². The highest BCUT2D eigenvalue weighted by Gasteiger charge is 2.34. The molecule has 2 heterocycles. The number of esters is 2. The Morgan fingerprint density at radius 2 is 1.40 bits per heavy atom. The Labute approximate surface area is 175 Å². The number of anilines is 1. The van der Waals surface area contributed by atoms with E-state index in [1.807, 2.05) is 0 Å². The quantitative estimate of drug-likeness (QED) is 0.428. The lowest BCUT2D eigenvalue weighted by Crippen LogP contribution is -2.37. The van der Waals surface area contributed by atoms with Crippen LogP contribution in [0.1, 0.15) is 40.5 Å². The molecule has 0 aliphatic carbocycles. The van der Waals surface area contributed by atoms with Crippen molar-refractivity contribution in [1.82, 2.24) is 19.6 Å². The average Bonchev–Trinajstić information content (AvgIpc) is 3.24. The Bertz CT molecular complexity index is 930. The zero-order valence-electron chi connectivity index (χ0n) is 18.4. The molecule has 0 atom stereocenters. The van der Waals surface area contributed by atoms with Crippen molar-refractivity contribution in [1.29, 1.82) is 0 Å². The minimum Gasteiger partial charge on any atom is -0.467 e. The molecule has 0 saturated heterocycles. The fraction of sp³-hybridized carbons (Fsp3) is 0.556. The maximum atomic E-state index is 11.5. The van der Waals surface area contributed by atoms with E-state index in [1.165, 1.54) is 36.7 Å². The Morgan fingerprint density at radius 1 is 1.00 bits per heavy atom. The Balaban J connectivity index is 0.000000567. The van der Waals surface area contributed by atoms with E-state index >= 15 is 0 Å². The number of rotatable bonds is 5. The predicted octanol–water partition coefficient (Wildman–Crippen LogP) is 1.94. The number of nitro groups is 1. The number of hydrogen-bond acceptors (Lipinski definition) is 9. The fourth-order valence-electron chi connectivity index (χ4n) is 2.36. The molecule has 12 nitrogen and oxygen atoms in total. The summed E-state index contributed by atoms with van der Waals surface area (Å²) in [6.07, 6.45) is 2.86. The molecule has 2 aromatic heterocycles. The van der Waals surface area contributed by atoms with Crippen molar-refractivity contribution in [3.8, 4) is 0 Å². The van der Waals surface area contributed by atoms with Crippen LogP contribution in [-0.2, 0) is 30.1 Å². The third kappa shape index (κ3) is 4.93. The zero-order chi connectivity index (χ0) is 23.4. The standard InChI is InChI=1S/C9H13N3O4.C9H15N3O2.H2/c1-6-7(12(14)15)5-11(10-6)9(2,3)8(13)16-4;1-6-7(10)5-12(11-6)9(2,3)8(13)14-4;/h5H,1-4H3;5H,10H2,1-4H3;1H. The molecule has 168 valence electrons. The van der Waals surface area contributed by atoms with E-state index in [9.17, 15) is 19.7 Å². The van der Waals surface area contributed by atoms with Crippen LogP contribution in [-0.4, -0.2) is 50.6 Å². The number of aryl methyl sites for hydroxylation is 2. The van der Waals surface area contributed by atoms with Crippen LogP contribution >= 0.6 is 0 Å². The summed E-state index contributed by atoms with van der Waals surface area (Å²) in [7, 11) is 2.61. The largest absolute Gasteiger partial charge is 0.467 e. The van der Waals surface area contributed by atoms with Gasteiger partial charge in [-0.2, -0.15) is 10.2 Å². The van der Waals surface area contributed by atoms with Crippen molar-refractivity contribution in [3.05, 3.63) is 33.9 Å². The highest BCUT2D eigenvalue weighted by molar-refractivity contribution is 5.78. The first-order valence-corrected chi connectivity index (χ1v) is 8.90. The molecule has 2 N–H and O–H groups in total. The highest BCUT2D eigenvalue weighted by atomic mass is 16.6. The number of carbonyl (C=O) groups excluding carboxylic acids is 2. The van der Waals surface area contributed by atoms with Gasteiger partial charge in [-0.15, -0.1) is 0 Å². The molecule has 2 rings (SSSR count). The van der Waals surface area contributed by atoms with Crippen LogP contribution in [0, 0.1) is 24.0 Å². The van der Waals surface area contributed by atoms with E-state index in [4.69, 9.17) is 5.73 Å². The lowest BCUT2D eigenvalue weighted by atomic mass is 10.1. The maximum Gasteiger partial charge on any atom is 0.333 e. The van der Waals surface area contributed by atoms with Crippen LogP contribution in [0.5, 0.6) is 0 Å². The summed E-state index contributed by atoms with van der Waals surface area (Å²) in [6, 6.07) is 0. The summed E-state index contributed by atoms with van der Waals surface area (Å²) in [4.78, 5) is 33.0. The first kappa shape index (κ1) is 24.6. The van der Waals surface area contributed by atoms with Gasteiger partial charge in [-0.1, -0.05) is 0 Å². The number of hydrogen-bond donors (Lipinski definition) is 1. The van der Waals surface area contributed by atoms with Gasteiger partial charge in [-0.05, 0) is 41.5 Å². The van der Waals surface area contributed by atoms with Gasteiger partial charge in [-0.3, -0.25) is 14.8 Å². The summed E-state index contributed by atoms with van der Waals surface area (Å²) in [5, 5.41) is 18.7. The molecule has 0 spiro atoms. The predicted molar refractivity (Wildman–Crippen MR) is 110 cm³/mol. The maximum absolute atomic E-state index is 11.5. The number of carbonyl (C=O) groups is 2. The Kier molecular flexibility index (Phi) is 7.32. The normalized spacial score (nSPS) is 11.3. The molecule has 30 heavy (non-hydrogen) atoms. The second-order valence-electron chi connectivity index (χ2n) is 7.52. The SMILES string of the molecule is COC(=O)C(C)(C)n1cc(N)c(C)n1.COC(=O)C(C)(C)n1cc([N+](=O)[O-])c(C)n1.[HH]. The third-order valence-corrected chi connectivity index (χ3v) is 4.52. The number of nitrogens with zero attached hydrogens (tertiary/aromatic N) is 5. The molecule has 0 aliphatic heterocycles. The van der Waals surface area contributed by atoms with Crippen LogP contribution in [0.3, 0.4) is 0 Å². The average molecular weight is 426 g/mol. The number of ether oxygens (including phenoxy) is 2. The molecule has 0 amide bonds. The molecule has 0 fully saturated rings. The molecular weight excluding hydrogens is 396 g/mol. The van der Waals surface area contributed by atoms with Gasteiger partial charge in [0.1, 0.15) is 11.9 Å². The number of methoxy groups -OCH3 is 2. The van der Waals surface area contributed by atoms with E-state index in [2.05, 4.69) is 19.7 Å². The summed E-state index contributed by atoms with van der Waals surface area (Å²) in [5.41, 5.74) is 5.19. The van der Waals surface area contributed by atoms with Crippen LogP contribution in [0.4, 0.5) is 11.4 Å². The van der Waals surface area contributed by atoms with Gasteiger partial charge in [0, 0.05) is 7.62 Å². The first-order chi connectivity index (χ1) is 13.7. The van der Waals surface area contributed by atoms with Crippen LogP contribution in [0.25, 0.3) is 0 Å². The summed E-state index contributed by atoms with van der Waals surface area (Å²) in [6.45, 7) is 9.92. The fourth-order valence-corrected chi connectivity index (χ4v) is 2.36. The second kappa shape index (κ2) is 8.93. The van der Waals surface area contributed by atoms with Crippen LogP contribution < -0.4 is 5.73 Å². The van der Waals surface area contributed by atoms with Crippen LogP contribution in [0.15, 0.2) is 12.4 Å². The summed E-state index contributed by atoms with van der Waals surface area (Å²) >= 11 is 0. The first-order valence-electron chi connectivity index (χ1n) is 8.90. The van der Waals surface area contributed by atoms with E-state index in [0.717, 1.165) is 0 Å². The number of aromatic nitrogens is 4. The van der Waals surface area contributed by atoms with Crippen molar-refractivity contribution in [2.75, 3.05) is 20.0 Å². The second-order valence-corrected chi connectivity index (χ2v) is 7.52. The molecule has 12 heteroatoms. The lowest BCUT2D eigenvalue weighted by Gasteiger charge is -2.21. The van der Waals surface area contributed by atoms with Gasteiger partial charge in [0.25, 0.3) is 0 Å². The molecule has 0 aromatic carbocycles. The molecular formula is C18H30N6O6. The monoisotopic (exact) mass is 426 g/mol. The minimum absolute atomic E-state index is 0. The molecule has 0 unspecified atom stereocenters. The van der Waals surface area contributed by atoms with Gasteiger partial charge in [0.2, 0.25) is 0 Å². The van der Waals surface area contributed by atoms with Crippen molar-refractivity contribution >= 4 is 23.3 Å². The van der Waals surface area contributed by atoms with Crippen molar-refractivity contribution < 1.29 is 25.4 Å². The minimum atomic E-state index is -1.06. The molecule has 0 radical (unpaired) electrons. The summed E-state index contributed by atoms with van der Waals surface area (Å²) < 4.78 is 12.0. The van der Waals surface area contributed by atoms with Gasteiger partial charge >= 0.3 is 17.6 Å². The molecule has 0 bridgehead atoms.